The molecule has 0 fully saturated rings. The molecule has 24 heavy (non-hydrogen) atoms. The van der Waals surface area contributed by atoms with Crippen LogP contribution in [0.2, 0.25) is 20.1 Å². The molecule has 124 valence electrons. The number of thioether (sulfide) groups is 1. The largest absolute Gasteiger partial charge is 0.303 e. The number of aromatic nitrogens is 3. The van der Waals surface area contributed by atoms with Crippen LogP contribution in [-0.4, -0.2) is 14.8 Å². The molecule has 0 amide bonds. The fraction of sp³-hybridized carbons (Fsp3) is 0.125. The second-order valence-corrected chi connectivity index (χ2v) is 7.73. The molecule has 1 aromatic heterocycles. The SMILES string of the molecule is Clc1ccc(CSC(c2ccc(Cl)cc2Cl)n2cnnc2)c(Cl)c1. The Kier molecular flexibility index (Phi) is 5.95. The summed E-state index contributed by atoms with van der Waals surface area (Å²) in [6, 6.07) is 10.9. The molecule has 3 nitrogen and oxygen atoms in total. The highest BCUT2D eigenvalue weighted by atomic mass is 35.5. The van der Waals surface area contributed by atoms with Crippen LogP contribution in [0.15, 0.2) is 49.1 Å². The summed E-state index contributed by atoms with van der Waals surface area (Å²) < 4.78 is 1.89. The molecule has 1 heterocycles. The maximum atomic E-state index is 6.38. The van der Waals surface area contributed by atoms with Gasteiger partial charge in [-0.1, -0.05) is 58.5 Å². The summed E-state index contributed by atoms with van der Waals surface area (Å²) in [6.45, 7) is 0. The molecule has 0 bridgehead atoms. The molecule has 0 saturated carbocycles. The molecule has 0 spiro atoms. The first-order chi connectivity index (χ1) is 11.5. The fourth-order valence-corrected chi connectivity index (χ4v) is 4.56. The van der Waals surface area contributed by atoms with Crippen molar-refractivity contribution in [1.82, 2.24) is 14.8 Å². The minimum atomic E-state index is -0.100. The van der Waals surface area contributed by atoms with Gasteiger partial charge in [-0.2, -0.15) is 0 Å². The predicted octanol–water partition coefficient (Wildman–Crippen LogP) is 6.37. The lowest BCUT2D eigenvalue weighted by Crippen LogP contribution is -2.06. The first-order valence-electron chi connectivity index (χ1n) is 6.89. The molecular weight excluding hydrogens is 408 g/mol. The highest BCUT2D eigenvalue weighted by Gasteiger charge is 2.18. The van der Waals surface area contributed by atoms with Crippen LogP contribution in [0.5, 0.6) is 0 Å². The van der Waals surface area contributed by atoms with Gasteiger partial charge >= 0.3 is 0 Å². The Morgan fingerprint density at radius 2 is 1.50 bits per heavy atom. The number of nitrogens with zero attached hydrogens (tertiary/aromatic N) is 3. The monoisotopic (exact) mass is 417 g/mol. The zero-order valence-corrected chi connectivity index (χ0v) is 16.0. The van der Waals surface area contributed by atoms with Crippen LogP contribution < -0.4 is 0 Å². The summed E-state index contributed by atoms with van der Waals surface area (Å²) in [5, 5.41) is 10.1. The third-order valence-electron chi connectivity index (χ3n) is 3.35. The molecule has 3 rings (SSSR count). The van der Waals surface area contributed by atoms with Gasteiger partial charge in [0, 0.05) is 31.4 Å². The van der Waals surface area contributed by atoms with Crippen LogP contribution in [0, 0.1) is 0 Å². The molecule has 0 saturated heterocycles. The minimum absolute atomic E-state index is 0.100. The summed E-state index contributed by atoms with van der Waals surface area (Å²) in [5.74, 6) is 0.678. The molecule has 1 unspecified atom stereocenters. The Morgan fingerprint density at radius 1 is 0.875 bits per heavy atom. The third kappa shape index (κ3) is 4.19. The van der Waals surface area contributed by atoms with Crippen molar-refractivity contribution < 1.29 is 0 Å². The average Bonchev–Trinajstić information content (AvgIpc) is 3.05. The summed E-state index contributed by atoms with van der Waals surface area (Å²) in [6.07, 6.45) is 3.32. The van der Waals surface area contributed by atoms with Crippen LogP contribution in [-0.2, 0) is 5.75 Å². The maximum Gasteiger partial charge on any atom is 0.120 e. The topological polar surface area (TPSA) is 30.7 Å². The number of hydrogen-bond acceptors (Lipinski definition) is 3. The lowest BCUT2D eigenvalue weighted by Gasteiger charge is -2.19. The summed E-state index contributed by atoms with van der Waals surface area (Å²) >= 11 is 26.2. The van der Waals surface area contributed by atoms with E-state index in [1.165, 1.54) is 0 Å². The fourth-order valence-electron chi connectivity index (χ4n) is 2.18. The third-order valence-corrected chi connectivity index (χ3v) is 5.79. The van der Waals surface area contributed by atoms with Crippen molar-refractivity contribution in [3.8, 4) is 0 Å². The van der Waals surface area contributed by atoms with Gasteiger partial charge in [0.25, 0.3) is 0 Å². The van der Waals surface area contributed by atoms with Crippen LogP contribution in [0.25, 0.3) is 0 Å². The number of halogens is 4. The molecule has 2 aromatic carbocycles. The summed E-state index contributed by atoms with van der Waals surface area (Å²) in [7, 11) is 0. The van der Waals surface area contributed by atoms with E-state index in [1.807, 2.05) is 28.8 Å². The lowest BCUT2D eigenvalue weighted by molar-refractivity contribution is 0.772. The Balaban J connectivity index is 1.88. The Labute approximate surface area is 163 Å². The first-order valence-corrected chi connectivity index (χ1v) is 9.45. The van der Waals surface area contributed by atoms with Crippen molar-refractivity contribution in [2.75, 3.05) is 0 Å². The smallest absolute Gasteiger partial charge is 0.120 e. The number of rotatable bonds is 5. The molecule has 0 N–H and O–H groups in total. The van der Waals surface area contributed by atoms with Gasteiger partial charge in [0.15, 0.2) is 0 Å². The van der Waals surface area contributed by atoms with Crippen molar-refractivity contribution in [2.45, 2.75) is 11.1 Å². The predicted molar refractivity (Wildman–Crippen MR) is 102 cm³/mol. The van der Waals surface area contributed by atoms with Crippen molar-refractivity contribution >= 4 is 58.2 Å². The van der Waals surface area contributed by atoms with Crippen molar-refractivity contribution in [3.05, 3.63) is 80.3 Å². The van der Waals surface area contributed by atoms with Crippen molar-refractivity contribution in [1.29, 1.82) is 0 Å². The van der Waals surface area contributed by atoms with Gasteiger partial charge in [0.05, 0.1) is 0 Å². The van der Waals surface area contributed by atoms with Gasteiger partial charge in [-0.3, -0.25) is 0 Å². The van der Waals surface area contributed by atoms with E-state index in [4.69, 9.17) is 46.4 Å². The molecule has 1 atom stereocenters. The Hall–Kier alpha value is -0.910. The summed E-state index contributed by atoms with van der Waals surface area (Å²) in [4.78, 5) is 0. The number of hydrogen-bond donors (Lipinski definition) is 0. The zero-order valence-electron chi connectivity index (χ0n) is 12.2. The normalized spacial score (nSPS) is 12.3. The van der Waals surface area contributed by atoms with E-state index in [0.29, 0.717) is 25.8 Å². The van der Waals surface area contributed by atoms with Crippen LogP contribution >= 0.6 is 58.2 Å². The van der Waals surface area contributed by atoms with Crippen molar-refractivity contribution in [2.24, 2.45) is 0 Å². The quantitative estimate of drug-likeness (QED) is 0.482. The second-order valence-electron chi connectivity index (χ2n) is 4.97. The summed E-state index contributed by atoms with van der Waals surface area (Å²) in [5.41, 5.74) is 1.92. The Bertz CT molecular complexity index is 839. The van der Waals surface area contributed by atoms with E-state index in [1.54, 1.807) is 36.5 Å². The maximum absolute atomic E-state index is 6.38. The van der Waals surface area contributed by atoms with Gasteiger partial charge in [-0.25, -0.2) is 0 Å². The highest BCUT2D eigenvalue weighted by Crippen LogP contribution is 2.38. The van der Waals surface area contributed by atoms with E-state index >= 15 is 0 Å². The average molecular weight is 419 g/mol. The molecule has 8 heteroatoms. The van der Waals surface area contributed by atoms with Gasteiger partial charge in [-0.15, -0.1) is 22.0 Å². The molecule has 0 aliphatic carbocycles. The first kappa shape index (κ1) is 17.9. The number of benzene rings is 2. The van der Waals surface area contributed by atoms with Crippen LogP contribution in [0.4, 0.5) is 0 Å². The van der Waals surface area contributed by atoms with Gasteiger partial charge in [-0.05, 0) is 29.8 Å². The Morgan fingerprint density at radius 3 is 2.12 bits per heavy atom. The molecule has 0 aliphatic rings. The molecular formula is C16H11Cl4N3S. The standard InChI is InChI=1S/C16H11Cl4N3S/c17-11-2-1-10(14(19)5-11)7-24-16(23-8-21-22-9-23)13-4-3-12(18)6-15(13)20/h1-6,8-9,16H,7H2. The second kappa shape index (κ2) is 7.98. The van der Waals surface area contributed by atoms with E-state index in [-0.39, 0.29) is 5.37 Å². The minimum Gasteiger partial charge on any atom is -0.303 e. The molecule has 0 radical (unpaired) electrons. The van der Waals surface area contributed by atoms with E-state index in [0.717, 1.165) is 11.1 Å². The lowest BCUT2D eigenvalue weighted by atomic mass is 10.2. The van der Waals surface area contributed by atoms with Gasteiger partial charge in [0.2, 0.25) is 0 Å². The van der Waals surface area contributed by atoms with E-state index in [9.17, 15) is 0 Å². The molecule has 0 aliphatic heterocycles. The van der Waals surface area contributed by atoms with Crippen molar-refractivity contribution in [3.63, 3.8) is 0 Å². The van der Waals surface area contributed by atoms with Crippen LogP contribution in [0.1, 0.15) is 16.5 Å². The molecule has 3 aromatic rings. The zero-order chi connectivity index (χ0) is 17.1. The highest BCUT2D eigenvalue weighted by molar-refractivity contribution is 7.98. The van der Waals surface area contributed by atoms with E-state index < -0.39 is 0 Å². The van der Waals surface area contributed by atoms with Gasteiger partial charge < -0.3 is 4.57 Å². The van der Waals surface area contributed by atoms with Crippen LogP contribution in [0.3, 0.4) is 0 Å². The van der Waals surface area contributed by atoms with E-state index in [2.05, 4.69) is 10.2 Å². The van der Waals surface area contributed by atoms with Gasteiger partial charge in [0.1, 0.15) is 18.0 Å².